The van der Waals surface area contributed by atoms with Crippen LogP contribution >= 0.6 is 11.8 Å². The van der Waals surface area contributed by atoms with E-state index in [0.717, 1.165) is 5.75 Å². The molecular formula is C20H20FN3O3S. The number of carbonyl (C=O) groups is 2. The van der Waals surface area contributed by atoms with Crippen molar-refractivity contribution >= 4 is 40.1 Å². The van der Waals surface area contributed by atoms with Crippen LogP contribution in [0, 0.1) is 5.82 Å². The van der Waals surface area contributed by atoms with Crippen molar-refractivity contribution in [1.29, 1.82) is 0 Å². The van der Waals surface area contributed by atoms with Gasteiger partial charge in [0.1, 0.15) is 16.8 Å². The number of hydrogen-bond donors (Lipinski definition) is 1. The van der Waals surface area contributed by atoms with Gasteiger partial charge < -0.3 is 10.1 Å². The number of carbonyl (C=O) groups excluding carboxylic acids is 2. The third kappa shape index (κ3) is 4.89. The lowest BCUT2D eigenvalue weighted by Crippen LogP contribution is -2.30. The van der Waals surface area contributed by atoms with Gasteiger partial charge in [-0.1, -0.05) is 11.8 Å². The lowest BCUT2D eigenvalue weighted by Gasteiger charge is -2.10. The van der Waals surface area contributed by atoms with Crippen molar-refractivity contribution in [2.75, 3.05) is 19.0 Å². The molecular weight excluding hydrogens is 381 g/mol. The predicted octanol–water partition coefficient (Wildman–Crippen LogP) is 3.81. The van der Waals surface area contributed by atoms with Crippen molar-refractivity contribution in [2.45, 2.75) is 18.6 Å². The van der Waals surface area contributed by atoms with Gasteiger partial charge in [-0.3, -0.25) is 14.5 Å². The minimum Gasteiger partial charge on any atom is -0.494 e. The van der Waals surface area contributed by atoms with Crippen molar-refractivity contribution in [3.63, 3.8) is 0 Å². The monoisotopic (exact) mass is 401 g/mol. The molecule has 1 fully saturated rings. The molecule has 0 bridgehead atoms. The average Bonchev–Trinajstić information content (AvgIpc) is 2.93. The van der Waals surface area contributed by atoms with Crippen LogP contribution in [0.4, 0.5) is 15.8 Å². The number of benzene rings is 2. The van der Waals surface area contributed by atoms with Crippen molar-refractivity contribution in [3.05, 3.63) is 54.3 Å². The summed E-state index contributed by atoms with van der Waals surface area (Å²) < 4.78 is 18.4. The molecule has 2 amide bonds. The molecule has 8 heteroatoms. The van der Waals surface area contributed by atoms with Gasteiger partial charge in [-0.2, -0.15) is 0 Å². The molecule has 0 aromatic heterocycles. The first-order valence-electron chi connectivity index (χ1n) is 8.77. The Morgan fingerprint density at radius 1 is 1.21 bits per heavy atom. The fraction of sp³-hybridized carbons (Fsp3) is 0.250. The van der Waals surface area contributed by atoms with Gasteiger partial charge in [0.25, 0.3) is 0 Å². The summed E-state index contributed by atoms with van der Waals surface area (Å²) in [6, 6.07) is 12.7. The van der Waals surface area contributed by atoms with Crippen LogP contribution in [0.5, 0.6) is 5.75 Å². The fourth-order valence-corrected chi connectivity index (χ4v) is 3.76. The molecule has 0 radical (unpaired) electrons. The molecule has 1 N–H and O–H groups in total. The van der Waals surface area contributed by atoms with Gasteiger partial charge in [0, 0.05) is 19.2 Å². The largest absolute Gasteiger partial charge is 0.494 e. The Labute approximate surface area is 166 Å². The standard InChI is InChI=1S/C20H20FN3O3S/c1-3-27-16-10-8-14(9-11-16)22-18(25)12-17-19(26)24(2)20(28-17)23-15-6-4-13(21)5-7-15/h4-11,17H,3,12H2,1-2H3,(H,22,25)/t17-/m0/s1. The summed E-state index contributed by atoms with van der Waals surface area (Å²) in [5.41, 5.74) is 1.18. The van der Waals surface area contributed by atoms with Crippen molar-refractivity contribution < 1.29 is 18.7 Å². The predicted molar refractivity (Wildman–Crippen MR) is 109 cm³/mol. The third-order valence-corrected chi connectivity index (χ3v) is 5.24. The topological polar surface area (TPSA) is 71.0 Å². The Kier molecular flexibility index (Phi) is 6.30. The maximum Gasteiger partial charge on any atom is 0.242 e. The zero-order valence-corrected chi connectivity index (χ0v) is 16.3. The molecule has 1 aliphatic heterocycles. The molecule has 0 saturated carbocycles. The number of ether oxygens (including phenoxy) is 1. The van der Waals surface area contributed by atoms with Crippen molar-refractivity contribution in [1.82, 2.24) is 4.90 Å². The number of hydrogen-bond acceptors (Lipinski definition) is 5. The zero-order chi connectivity index (χ0) is 20.1. The molecule has 146 valence electrons. The molecule has 28 heavy (non-hydrogen) atoms. The molecule has 1 aliphatic rings. The van der Waals surface area contributed by atoms with Crippen molar-refractivity contribution in [2.24, 2.45) is 4.99 Å². The lowest BCUT2D eigenvalue weighted by molar-refractivity contribution is -0.127. The summed E-state index contributed by atoms with van der Waals surface area (Å²) in [5.74, 6) is -0.0688. The number of amides is 2. The molecule has 1 saturated heterocycles. The van der Waals surface area contributed by atoms with Crippen LogP contribution in [-0.4, -0.2) is 40.8 Å². The Hall–Kier alpha value is -2.87. The first kappa shape index (κ1) is 19.9. The van der Waals surface area contributed by atoms with Crippen LogP contribution in [-0.2, 0) is 9.59 Å². The van der Waals surface area contributed by atoms with Gasteiger partial charge in [-0.25, -0.2) is 9.38 Å². The minimum absolute atomic E-state index is 0.0312. The molecule has 0 aliphatic carbocycles. The second-order valence-electron chi connectivity index (χ2n) is 6.08. The average molecular weight is 401 g/mol. The highest BCUT2D eigenvalue weighted by molar-refractivity contribution is 8.15. The maximum absolute atomic E-state index is 13.0. The van der Waals surface area contributed by atoms with Crippen LogP contribution in [0.15, 0.2) is 53.5 Å². The lowest BCUT2D eigenvalue weighted by atomic mass is 10.2. The summed E-state index contributed by atoms with van der Waals surface area (Å²) in [6.45, 7) is 2.47. The molecule has 1 atom stereocenters. The molecule has 2 aromatic carbocycles. The Morgan fingerprint density at radius 3 is 2.54 bits per heavy atom. The number of amidine groups is 1. The smallest absolute Gasteiger partial charge is 0.242 e. The molecule has 0 unspecified atom stereocenters. The van der Waals surface area contributed by atoms with Crippen LogP contribution in [0.25, 0.3) is 0 Å². The number of nitrogens with zero attached hydrogens (tertiary/aromatic N) is 2. The van der Waals surface area contributed by atoms with E-state index in [9.17, 15) is 14.0 Å². The summed E-state index contributed by atoms with van der Waals surface area (Å²) in [7, 11) is 1.61. The summed E-state index contributed by atoms with van der Waals surface area (Å²) in [6.07, 6.45) is 0.0312. The third-order valence-electron chi connectivity index (χ3n) is 4.01. The molecule has 2 aromatic rings. The second-order valence-corrected chi connectivity index (χ2v) is 7.25. The van der Waals surface area contributed by atoms with Gasteiger partial charge in [0.05, 0.1) is 12.3 Å². The van der Waals surface area contributed by atoms with Crippen LogP contribution in [0.2, 0.25) is 0 Å². The number of rotatable bonds is 6. The maximum atomic E-state index is 13.0. The summed E-state index contributed by atoms with van der Waals surface area (Å²) >= 11 is 1.23. The zero-order valence-electron chi connectivity index (χ0n) is 15.5. The van der Waals surface area contributed by atoms with E-state index in [-0.39, 0.29) is 24.1 Å². The van der Waals surface area contributed by atoms with E-state index >= 15 is 0 Å². The molecule has 6 nitrogen and oxygen atoms in total. The van der Waals surface area contributed by atoms with E-state index in [1.807, 2.05) is 6.92 Å². The molecule has 3 rings (SSSR count). The van der Waals surface area contributed by atoms with Gasteiger partial charge in [0.2, 0.25) is 11.8 Å². The first-order valence-corrected chi connectivity index (χ1v) is 9.65. The summed E-state index contributed by atoms with van der Waals surface area (Å²) in [4.78, 5) is 30.5. The van der Waals surface area contributed by atoms with Gasteiger partial charge >= 0.3 is 0 Å². The van der Waals surface area contributed by atoms with Gasteiger partial charge in [-0.15, -0.1) is 0 Å². The van der Waals surface area contributed by atoms with Crippen LogP contribution < -0.4 is 10.1 Å². The number of anilines is 1. The summed E-state index contributed by atoms with van der Waals surface area (Å²) in [5, 5.41) is 2.72. The van der Waals surface area contributed by atoms with E-state index in [2.05, 4.69) is 10.3 Å². The van der Waals surface area contributed by atoms with E-state index in [0.29, 0.717) is 23.1 Å². The second kappa shape index (κ2) is 8.88. The first-order chi connectivity index (χ1) is 13.5. The van der Waals surface area contributed by atoms with Crippen molar-refractivity contribution in [3.8, 4) is 5.75 Å². The van der Waals surface area contributed by atoms with E-state index < -0.39 is 5.25 Å². The normalized spacial score (nSPS) is 17.8. The van der Waals surface area contributed by atoms with Crippen LogP contribution in [0.3, 0.4) is 0 Å². The number of nitrogens with one attached hydrogen (secondary N) is 1. The number of aliphatic imine (C=N–C) groups is 1. The number of thioether (sulfide) groups is 1. The number of halogens is 1. The van der Waals surface area contributed by atoms with E-state index in [1.54, 1.807) is 31.3 Å². The Morgan fingerprint density at radius 2 is 1.89 bits per heavy atom. The highest BCUT2D eigenvalue weighted by atomic mass is 32.2. The van der Waals surface area contributed by atoms with E-state index in [1.165, 1.54) is 40.9 Å². The Balaban J connectivity index is 1.61. The van der Waals surface area contributed by atoms with Crippen LogP contribution in [0.1, 0.15) is 13.3 Å². The molecule has 0 spiro atoms. The highest BCUT2D eigenvalue weighted by Crippen LogP contribution is 2.31. The fourth-order valence-electron chi connectivity index (χ4n) is 2.60. The van der Waals surface area contributed by atoms with Gasteiger partial charge in [0.15, 0.2) is 5.17 Å². The Bertz CT molecular complexity index is 885. The van der Waals surface area contributed by atoms with E-state index in [4.69, 9.17) is 4.74 Å². The molecule has 1 heterocycles. The quantitative estimate of drug-likeness (QED) is 0.799. The minimum atomic E-state index is -0.549. The SMILES string of the molecule is CCOc1ccc(NC(=O)C[C@@H]2SC(=Nc3ccc(F)cc3)N(C)C2=O)cc1. The van der Waals surface area contributed by atoms with Gasteiger partial charge in [-0.05, 0) is 55.5 Å². The highest BCUT2D eigenvalue weighted by Gasteiger charge is 2.37.